The van der Waals surface area contributed by atoms with Gasteiger partial charge in [-0.1, -0.05) is 12.1 Å². The Hall–Kier alpha value is -2.52. The molecule has 1 fully saturated rings. The number of hydrogen-bond acceptors (Lipinski definition) is 5. The molecule has 1 aliphatic heterocycles. The van der Waals surface area contributed by atoms with Gasteiger partial charge in [-0.15, -0.1) is 24.5 Å². The first kappa shape index (κ1) is 18.8. The molecule has 28 heavy (non-hydrogen) atoms. The maximum absolute atomic E-state index is 12.4. The average molecular weight is 408 g/mol. The number of thiazole rings is 1. The second-order valence-electron chi connectivity index (χ2n) is 6.59. The van der Waals surface area contributed by atoms with Crippen molar-refractivity contribution < 1.29 is 23.0 Å². The molecule has 2 heterocycles. The summed E-state index contributed by atoms with van der Waals surface area (Å²) < 4.78 is 41.6. The zero-order valence-electron chi connectivity index (χ0n) is 14.8. The molecule has 3 aromatic rings. The van der Waals surface area contributed by atoms with Gasteiger partial charge in [0.05, 0.1) is 21.4 Å². The fourth-order valence-electron chi connectivity index (χ4n) is 3.32. The van der Waals surface area contributed by atoms with Gasteiger partial charge in [-0.2, -0.15) is 0 Å². The van der Waals surface area contributed by atoms with Crippen molar-refractivity contribution in [2.24, 2.45) is 0 Å². The number of fused-ring (bicyclic) bond motifs is 1. The molecule has 0 aliphatic carbocycles. The molecule has 0 bridgehead atoms. The van der Waals surface area contributed by atoms with E-state index in [4.69, 9.17) is 0 Å². The van der Waals surface area contributed by atoms with Crippen LogP contribution in [0.25, 0.3) is 10.2 Å². The summed E-state index contributed by atoms with van der Waals surface area (Å²) in [5, 5.41) is 12.4. The molecule has 0 spiro atoms. The molecule has 0 unspecified atom stereocenters. The standard InChI is InChI=1S/C19H17F3N3O2S/c20-19(21,22)27-14-3-1-13(2-4-14)11-24-5-7-25(8-6-24)16-10-18-15(9-17(16)26)23-12-28-18/h1-4,9-10,12H,5-8,11H2. The summed E-state index contributed by atoms with van der Waals surface area (Å²) in [5.41, 5.74) is 4.08. The van der Waals surface area contributed by atoms with E-state index in [0.717, 1.165) is 42.0 Å². The molecule has 1 saturated heterocycles. The van der Waals surface area contributed by atoms with Gasteiger partial charge in [0.1, 0.15) is 5.75 Å². The summed E-state index contributed by atoms with van der Waals surface area (Å²) >= 11 is 1.51. The fraction of sp³-hybridized carbons (Fsp3) is 0.316. The highest BCUT2D eigenvalue weighted by Crippen LogP contribution is 2.34. The molecule has 0 saturated carbocycles. The molecule has 1 radical (unpaired) electrons. The highest BCUT2D eigenvalue weighted by Gasteiger charge is 2.31. The normalized spacial score (nSPS) is 15.9. The number of rotatable bonds is 4. The third-order valence-electron chi connectivity index (χ3n) is 4.69. The van der Waals surface area contributed by atoms with E-state index in [1.54, 1.807) is 23.7 Å². The fourth-order valence-corrected chi connectivity index (χ4v) is 4.01. The van der Waals surface area contributed by atoms with Gasteiger partial charge in [-0.3, -0.25) is 10.0 Å². The first-order valence-corrected chi connectivity index (χ1v) is 9.61. The van der Waals surface area contributed by atoms with E-state index in [1.807, 2.05) is 6.07 Å². The van der Waals surface area contributed by atoms with E-state index < -0.39 is 6.36 Å². The van der Waals surface area contributed by atoms with Crippen LogP contribution in [0, 0.1) is 0 Å². The van der Waals surface area contributed by atoms with Crippen LogP contribution < -0.4 is 9.64 Å². The van der Waals surface area contributed by atoms with Crippen molar-refractivity contribution in [3.05, 3.63) is 47.5 Å². The summed E-state index contributed by atoms with van der Waals surface area (Å²) in [6.07, 6.45) is -4.68. The van der Waals surface area contributed by atoms with Crippen LogP contribution in [0.15, 0.2) is 41.9 Å². The SMILES string of the molecule is [O]c1cc2ncsc2cc1N1CCN(Cc2ccc(OC(F)(F)F)cc2)CC1. The van der Waals surface area contributed by atoms with Crippen molar-refractivity contribution >= 4 is 27.2 Å². The summed E-state index contributed by atoms with van der Waals surface area (Å²) in [5.74, 6) is -0.241. The summed E-state index contributed by atoms with van der Waals surface area (Å²) in [6, 6.07) is 9.42. The maximum Gasteiger partial charge on any atom is 0.573 e. The summed E-state index contributed by atoms with van der Waals surface area (Å²) in [7, 11) is 0. The van der Waals surface area contributed by atoms with E-state index in [9.17, 15) is 18.3 Å². The zero-order valence-corrected chi connectivity index (χ0v) is 15.6. The number of aromatic nitrogens is 1. The summed E-state index contributed by atoms with van der Waals surface area (Å²) in [6.45, 7) is 3.60. The van der Waals surface area contributed by atoms with Gasteiger partial charge in [-0.25, -0.2) is 4.98 Å². The van der Waals surface area contributed by atoms with Crippen molar-refractivity contribution in [3.8, 4) is 11.5 Å². The Kier molecular flexibility index (Phi) is 5.03. The highest BCUT2D eigenvalue weighted by atomic mass is 32.1. The van der Waals surface area contributed by atoms with E-state index in [2.05, 4.69) is 19.5 Å². The molecule has 147 valence electrons. The van der Waals surface area contributed by atoms with Gasteiger partial charge < -0.3 is 9.64 Å². The molecule has 9 heteroatoms. The molecule has 0 N–H and O–H groups in total. The molecule has 4 rings (SSSR count). The number of ether oxygens (including phenoxy) is 1. The topological polar surface area (TPSA) is 48.5 Å². The van der Waals surface area contributed by atoms with Crippen LogP contribution >= 0.6 is 11.3 Å². The second-order valence-corrected chi connectivity index (χ2v) is 7.48. The first-order valence-electron chi connectivity index (χ1n) is 8.74. The monoisotopic (exact) mass is 408 g/mol. The van der Waals surface area contributed by atoms with Gasteiger partial charge in [0, 0.05) is 38.8 Å². The molecule has 0 atom stereocenters. The number of benzene rings is 2. The Morgan fingerprint density at radius 3 is 2.46 bits per heavy atom. The van der Waals surface area contributed by atoms with Gasteiger partial charge in [0.2, 0.25) is 5.75 Å². The van der Waals surface area contributed by atoms with Crippen LogP contribution in [-0.4, -0.2) is 42.4 Å². The predicted molar refractivity (Wildman–Crippen MR) is 100 cm³/mol. The lowest BCUT2D eigenvalue weighted by Crippen LogP contribution is -2.45. The number of halogens is 3. The Morgan fingerprint density at radius 1 is 1.07 bits per heavy atom. The van der Waals surface area contributed by atoms with Crippen LogP contribution in [0.4, 0.5) is 18.9 Å². The lowest BCUT2D eigenvalue weighted by Gasteiger charge is -2.36. The van der Waals surface area contributed by atoms with Gasteiger partial charge in [-0.05, 0) is 23.8 Å². The first-order chi connectivity index (χ1) is 13.4. The second kappa shape index (κ2) is 7.48. The van der Waals surface area contributed by atoms with Gasteiger partial charge >= 0.3 is 6.36 Å². The Balaban J connectivity index is 1.35. The van der Waals surface area contributed by atoms with Crippen LogP contribution in [0.3, 0.4) is 0 Å². The molecule has 5 nitrogen and oxygen atoms in total. The lowest BCUT2D eigenvalue weighted by atomic mass is 10.1. The number of alkyl halides is 3. The van der Waals surface area contributed by atoms with Crippen molar-refractivity contribution in [1.29, 1.82) is 0 Å². The third-order valence-corrected chi connectivity index (χ3v) is 5.48. The predicted octanol–water partition coefficient (Wildman–Crippen LogP) is 4.66. The van der Waals surface area contributed by atoms with Crippen LogP contribution in [0.5, 0.6) is 11.5 Å². The van der Waals surface area contributed by atoms with E-state index >= 15 is 0 Å². The van der Waals surface area contributed by atoms with Crippen molar-refractivity contribution in [2.75, 3.05) is 31.1 Å². The van der Waals surface area contributed by atoms with E-state index in [1.165, 1.54) is 23.5 Å². The molecule has 1 aromatic heterocycles. The molecular weight excluding hydrogens is 391 g/mol. The third kappa shape index (κ3) is 4.31. The number of piperazine rings is 1. The Labute approximate surface area is 163 Å². The minimum atomic E-state index is -4.68. The molecule has 1 aliphatic rings. The smallest absolute Gasteiger partial charge is 0.406 e. The Morgan fingerprint density at radius 2 is 1.79 bits per heavy atom. The lowest BCUT2D eigenvalue weighted by molar-refractivity contribution is -0.274. The number of nitrogens with zero attached hydrogens (tertiary/aromatic N) is 3. The van der Waals surface area contributed by atoms with Crippen LogP contribution in [-0.2, 0) is 11.7 Å². The maximum atomic E-state index is 12.4. The van der Waals surface area contributed by atoms with Crippen LogP contribution in [0.1, 0.15) is 5.56 Å². The van der Waals surface area contributed by atoms with Crippen molar-refractivity contribution in [3.63, 3.8) is 0 Å². The van der Waals surface area contributed by atoms with Crippen molar-refractivity contribution in [2.45, 2.75) is 12.9 Å². The average Bonchev–Trinajstić information content (AvgIpc) is 3.09. The van der Waals surface area contributed by atoms with Gasteiger partial charge in [0.25, 0.3) is 0 Å². The largest absolute Gasteiger partial charge is 0.573 e. The minimum Gasteiger partial charge on any atom is -0.406 e. The molecule has 2 aromatic carbocycles. The summed E-state index contributed by atoms with van der Waals surface area (Å²) in [4.78, 5) is 8.47. The number of anilines is 1. The number of hydrogen-bond donors (Lipinski definition) is 0. The molecule has 0 amide bonds. The van der Waals surface area contributed by atoms with E-state index in [0.29, 0.717) is 12.2 Å². The zero-order chi connectivity index (χ0) is 19.7. The van der Waals surface area contributed by atoms with Crippen LogP contribution in [0.2, 0.25) is 0 Å². The highest BCUT2D eigenvalue weighted by molar-refractivity contribution is 7.16. The quantitative estimate of drug-likeness (QED) is 0.630. The molecular formula is C19H17F3N3O2S. The minimum absolute atomic E-state index is 0.0212. The Bertz CT molecular complexity index is 951. The van der Waals surface area contributed by atoms with Gasteiger partial charge in [0.15, 0.2) is 0 Å². The van der Waals surface area contributed by atoms with E-state index in [-0.39, 0.29) is 11.5 Å². The van der Waals surface area contributed by atoms with Crippen molar-refractivity contribution in [1.82, 2.24) is 9.88 Å².